The second-order valence-electron chi connectivity index (χ2n) is 5.84. The lowest BCUT2D eigenvalue weighted by Crippen LogP contribution is -2.23. The van der Waals surface area contributed by atoms with Crippen molar-refractivity contribution in [2.75, 3.05) is 27.1 Å². The number of rotatable bonds is 4. The predicted octanol–water partition coefficient (Wildman–Crippen LogP) is 3.83. The number of benzene rings is 1. The van der Waals surface area contributed by atoms with Gasteiger partial charge in [0.05, 0.1) is 13.2 Å². The smallest absolute Gasteiger partial charge is 0.123 e. The molecule has 0 saturated heterocycles. The summed E-state index contributed by atoms with van der Waals surface area (Å²) >= 11 is 6.10. The summed E-state index contributed by atoms with van der Waals surface area (Å²) in [6.45, 7) is 6.64. The summed E-state index contributed by atoms with van der Waals surface area (Å²) in [4.78, 5) is 2.12. The van der Waals surface area contributed by atoms with Gasteiger partial charge in [-0.1, -0.05) is 26.8 Å². The summed E-state index contributed by atoms with van der Waals surface area (Å²) in [5, 5.41) is 0. The molecule has 0 aliphatic carbocycles. The Morgan fingerprint density at radius 3 is 2.28 bits per heavy atom. The monoisotopic (exact) mass is 269 g/mol. The van der Waals surface area contributed by atoms with Gasteiger partial charge in [0, 0.05) is 11.4 Å². The Hall–Kier alpha value is -0.730. The molecule has 0 aliphatic heterocycles. The molecule has 0 radical (unpaired) electrons. The highest BCUT2D eigenvalue weighted by molar-refractivity contribution is 6.18. The van der Waals surface area contributed by atoms with E-state index in [-0.39, 0.29) is 11.5 Å². The van der Waals surface area contributed by atoms with E-state index in [1.807, 2.05) is 20.2 Å². The molecular formula is C15H24ClNO. The third-order valence-electron chi connectivity index (χ3n) is 3.22. The van der Waals surface area contributed by atoms with Gasteiger partial charge in [-0.05, 0) is 37.2 Å². The van der Waals surface area contributed by atoms with Crippen molar-refractivity contribution in [3.05, 3.63) is 29.3 Å². The minimum Gasteiger partial charge on any atom is -0.496 e. The molecule has 2 nitrogen and oxygen atoms in total. The van der Waals surface area contributed by atoms with Gasteiger partial charge < -0.3 is 9.64 Å². The molecule has 0 aliphatic rings. The van der Waals surface area contributed by atoms with Crippen molar-refractivity contribution in [3.63, 3.8) is 0 Å². The van der Waals surface area contributed by atoms with Crippen LogP contribution in [0, 0.1) is 0 Å². The van der Waals surface area contributed by atoms with Crippen molar-refractivity contribution >= 4 is 11.6 Å². The van der Waals surface area contributed by atoms with Crippen molar-refractivity contribution in [1.82, 2.24) is 4.90 Å². The van der Waals surface area contributed by atoms with E-state index in [4.69, 9.17) is 16.3 Å². The van der Waals surface area contributed by atoms with Crippen LogP contribution < -0.4 is 4.74 Å². The fourth-order valence-electron chi connectivity index (χ4n) is 1.96. The lowest BCUT2D eigenvalue weighted by Gasteiger charge is -2.27. The van der Waals surface area contributed by atoms with E-state index in [1.54, 1.807) is 7.11 Å². The Labute approximate surface area is 116 Å². The van der Waals surface area contributed by atoms with E-state index in [1.165, 1.54) is 5.56 Å². The van der Waals surface area contributed by atoms with Crippen molar-refractivity contribution in [2.24, 2.45) is 0 Å². The summed E-state index contributed by atoms with van der Waals surface area (Å²) in [7, 11) is 5.78. The molecule has 0 spiro atoms. The van der Waals surface area contributed by atoms with Gasteiger partial charge in [-0.15, -0.1) is 11.6 Å². The Morgan fingerprint density at radius 2 is 1.89 bits per heavy atom. The zero-order valence-corrected chi connectivity index (χ0v) is 13.0. The van der Waals surface area contributed by atoms with Crippen LogP contribution in [0.3, 0.4) is 0 Å². The number of methoxy groups -OCH3 is 1. The van der Waals surface area contributed by atoms with Gasteiger partial charge in [0.1, 0.15) is 5.75 Å². The first-order valence-electron chi connectivity index (χ1n) is 6.22. The maximum Gasteiger partial charge on any atom is 0.123 e. The molecule has 0 saturated carbocycles. The summed E-state index contributed by atoms with van der Waals surface area (Å²) < 4.78 is 5.46. The van der Waals surface area contributed by atoms with Crippen LogP contribution in [0.1, 0.15) is 37.9 Å². The van der Waals surface area contributed by atoms with Gasteiger partial charge in [-0.25, -0.2) is 0 Å². The van der Waals surface area contributed by atoms with Gasteiger partial charge in [0.15, 0.2) is 0 Å². The third-order valence-corrected chi connectivity index (χ3v) is 3.52. The lowest BCUT2D eigenvalue weighted by atomic mass is 9.85. The maximum absolute atomic E-state index is 6.10. The number of hydrogen-bond acceptors (Lipinski definition) is 2. The van der Waals surface area contributed by atoms with Gasteiger partial charge in [-0.3, -0.25) is 0 Å². The van der Waals surface area contributed by atoms with Crippen LogP contribution in [0.5, 0.6) is 5.75 Å². The first-order valence-corrected chi connectivity index (χ1v) is 6.75. The van der Waals surface area contributed by atoms with E-state index in [0.717, 1.165) is 11.3 Å². The lowest BCUT2D eigenvalue weighted by molar-refractivity contribution is 0.310. The van der Waals surface area contributed by atoms with E-state index >= 15 is 0 Å². The molecule has 0 bridgehead atoms. The Kier molecular flexibility index (Phi) is 5.06. The highest BCUT2D eigenvalue weighted by Crippen LogP contribution is 2.33. The first-order chi connectivity index (χ1) is 8.31. The van der Waals surface area contributed by atoms with Gasteiger partial charge in [0.25, 0.3) is 0 Å². The maximum atomic E-state index is 6.10. The molecule has 0 heterocycles. The van der Waals surface area contributed by atoms with E-state index in [0.29, 0.717) is 5.88 Å². The molecule has 1 unspecified atom stereocenters. The molecule has 18 heavy (non-hydrogen) atoms. The second kappa shape index (κ2) is 5.94. The van der Waals surface area contributed by atoms with Crippen LogP contribution in [0.15, 0.2) is 18.2 Å². The van der Waals surface area contributed by atoms with Crippen molar-refractivity contribution in [2.45, 2.75) is 32.2 Å². The standard InChI is InChI=1S/C15H24ClNO/c1-15(2,3)11-7-8-14(18-6)12(9-11)13(10-16)17(4)5/h7-9,13H,10H2,1-6H3. The van der Waals surface area contributed by atoms with Crippen molar-refractivity contribution < 1.29 is 4.74 Å². The fourth-order valence-corrected chi connectivity index (χ4v) is 2.40. The molecule has 0 N–H and O–H groups in total. The van der Waals surface area contributed by atoms with E-state index < -0.39 is 0 Å². The first kappa shape index (κ1) is 15.3. The minimum atomic E-state index is 0.129. The number of hydrogen-bond donors (Lipinski definition) is 0. The summed E-state index contributed by atoms with van der Waals surface area (Å²) in [6.07, 6.45) is 0. The number of ether oxygens (including phenoxy) is 1. The van der Waals surface area contributed by atoms with Crippen LogP contribution in [0.25, 0.3) is 0 Å². The predicted molar refractivity (Wildman–Crippen MR) is 78.8 cm³/mol. The molecule has 102 valence electrons. The van der Waals surface area contributed by atoms with E-state index in [9.17, 15) is 0 Å². The summed E-state index contributed by atoms with van der Waals surface area (Å²) in [6, 6.07) is 6.55. The topological polar surface area (TPSA) is 12.5 Å². The van der Waals surface area contributed by atoms with Gasteiger partial charge in [0.2, 0.25) is 0 Å². The Morgan fingerprint density at radius 1 is 1.28 bits per heavy atom. The zero-order valence-electron chi connectivity index (χ0n) is 12.2. The van der Waals surface area contributed by atoms with Crippen LogP contribution in [-0.2, 0) is 5.41 Å². The molecule has 0 fully saturated rings. The fraction of sp³-hybridized carbons (Fsp3) is 0.600. The number of halogens is 1. The number of alkyl halides is 1. The Balaban J connectivity index is 3.29. The van der Waals surface area contributed by atoms with Crippen LogP contribution in [0.2, 0.25) is 0 Å². The largest absolute Gasteiger partial charge is 0.496 e. The average Bonchev–Trinajstić information content (AvgIpc) is 2.28. The number of nitrogens with zero attached hydrogens (tertiary/aromatic N) is 1. The average molecular weight is 270 g/mol. The molecule has 3 heteroatoms. The van der Waals surface area contributed by atoms with Crippen LogP contribution >= 0.6 is 11.6 Å². The molecule has 0 amide bonds. The van der Waals surface area contributed by atoms with Crippen LogP contribution in [-0.4, -0.2) is 32.0 Å². The Bertz CT molecular complexity index is 396. The summed E-state index contributed by atoms with van der Waals surface area (Å²) in [5.74, 6) is 1.46. The minimum absolute atomic E-state index is 0.129. The van der Waals surface area contributed by atoms with Crippen molar-refractivity contribution in [1.29, 1.82) is 0 Å². The highest BCUT2D eigenvalue weighted by Gasteiger charge is 2.21. The van der Waals surface area contributed by atoms with E-state index in [2.05, 4.69) is 37.8 Å². The molecule has 1 atom stereocenters. The SMILES string of the molecule is COc1ccc(C(C)(C)C)cc1C(CCl)N(C)C. The van der Waals surface area contributed by atoms with Crippen LogP contribution in [0.4, 0.5) is 0 Å². The molecule has 1 rings (SSSR count). The quantitative estimate of drug-likeness (QED) is 0.770. The summed E-state index contributed by atoms with van der Waals surface area (Å²) in [5.41, 5.74) is 2.59. The third kappa shape index (κ3) is 3.39. The second-order valence-corrected chi connectivity index (χ2v) is 6.15. The van der Waals surface area contributed by atoms with Gasteiger partial charge >= 0.3 is 0 Å². The highest BCUT2D eigenvalue weighted by atomic mass is 35.5. The van der Waals surface area contributed by atoms with Crippen molar-refractivity contribution in [3.8, 4) is 5.75 Å². The zero-order chi connectivity index (χ0) is 13.9. The normalized spacial score (nSPS) is 13.8. The van der Waals surface area contributed by atoms with Gasteiger partial charge in [-0.2, -0.15) is 0 Å². The molecular weight excluding hydrogens is 246 g/mol. The molecule has 0 aromatic heterocycles. The molecule has 1 aromatic rings. The molecule has 1 aromatic carbocycles.